The summed E-state index contributed by atoms with van der Waals surface area (Å²) < 4.78 is 6.22. The van der Waals surface area contributed by atoms with Gasteiger partial charge in [0.15, 0.2) is 0 Å². The number of ether oxygens (including phenoxy) is 1. The van der Waals surface area contributed by atoms with Crippen LogP contribution in [0.15, 0.2) is 83.1 Å². The molecular weight excluding hydrogens is 447 g/mol. The summed E-state index contributed by atoms with van der Waals surface area (Å²) in [6.07, 6.45) is 2.06. The molecule has 4 rings (SSSR count). The van der Waals surface area contributed by atoms with E-state index in [9.17, 15) is 9.90 Å². The number of aromatic carboxylic acids is 1. The summed E-state index contributed by atoms with van der Waals surface area (Å²) in [6, 6.07) is 23.8. The molecule has 0 bridgehead atoms. The van der Waals surface area contributed by atoms with Crippen molar-refractivity contribution in [2.45, 2.75) is 18.4 Å². The molecule has 1 heterocycles. The van der Waals surface area contributed by atoms with Crippen LogP contribution in [0.2, 0.25) is 0 Å². The second-order valence-electron chi connectivity index (χ2n) is 7.12. The Balaban J connectivity index is 0.00000289. The number of benzene rings is 3. The SMILES string of the molecule is CSc1ccc(OCc2ccccc2)c(-c2ccsc2-c2ccc(C(=O)[O-])c(C)c2)c1.[Na+]. The number of rotatable bonds is 7. The van der Waals surface area contributed by atoms with Crippen LogP contribution in [-0.4, -0.2) is 12.2 Å². The number of carboxylic acids is 1. The number of aryl methyl sites for hydroxylation is 1. The summed E-state index contributed by atoms with van der Waals surface area (Å²) in [5, 5.41) is 13.3. The molecule has 1 aromatic heterocycles. The van der Waals surface area contributed by atoms with E-state index >= 15 is 0 Å². The van der Waals surface area contributed by atoms with E-state index in [1.54, 1.807) is 36.1 Å². The first kappa shape index (κ1) is 24.6. The van der Waals surface area contributed by atoms with Gasteiger partial charge in [-0.25, -0.2) is 0 Å². The molecule has 156 valence electrons. The van der Waals surface area contributed by atoms with E-state index in [2.05, 4.69) is 29.8 Å². The molecule has 0 radical (unpaired) electrons. The minimum atomic E-state index is -1.15. The number of hydrogen-bond donors (Lipinski definition) is 0. The van der Waals surface area contributed by atoms with Gasteiger partial charge in [0.1, 0.15) is 12.4 Å². The van der Waals surface area contributed by atoms with Crippen LogP contribution in [0.5, 0.6) is 5.75 Å². The first-order valence-electron chi connectivity index (χ1n) is 9.82. The number of hydrogen-bond acceptors (Lipinski definition) is 5. The van der Waals surface area contributed by atoms with Gasteiger partial charge in [-0.05, 0) is 65.6 Å². The predicted molar refractivity (Wildman–Crippen MR) is 127 cm³/mol. The van der Waals surface area contributed by atoms with Crippen LogP contribution < -0.4 is 39.4 Å². The quantitative estimate of drug-likeness (QED) is 0.309. The van der Waals surface area contributed by atoms with Crippen molar-refractivity contribution in [2.75, 3.05) is 6.26 Å². The van der Waals surface area contributed by atoms with Gasteiger partial charge in [0, 0.05) is 26.5 Å². The summed E-state index contributed by atoms with van der Waals surface area (Å²) in [7, 11) is 0. The molecule has 3 aromatic carbocycles. The number of carbonyl (C=O) groups excluding carboxylic acids is 1. The van der Waals surface area contributed by atoms with E-state index in [-0.39, 0.29) is 35.1 Å². The third-order valence-corrected chi connectivity index (χ3v) is 6.78. The van der Waals surface area contributed by atoms with Crippen molar-refractivity contribution in [3.05, 3.63) is 94.9 Å². The van der Waals surface area contributed by atoms with E-state index in [0.29, 0.717) is 12.2 Å². The fraction of sp³-hybridized carbons (Fsp3) is 0.115. The second-order valence-corrected chi connectivity index (χ2v) is 8.91. The average molecular weight is 469 g/mol. The molecule has 0 aliphatic heterocycles. The molecule has 0 amide bonds. The standard InChI is InChI=1S/C26H22O3S2.Na/c1-17-14-19(8-10-21(17)26(27)28)25-22(12-13-31-25)23-15-20(30-2)9-11-24(23)29-16-18-6-4-3-5-7-18;/h3-15H,16H2,1-2H3,(H,27,28);/q;+1/p-1. The van der Waals surface area contributed by atoms with E-state index in [0.717, 1.165) is 37.8 Å². The molecule has 0 unspecified atom stereocenters. The van der Waals surface area contributed by atoms with Crippen LogP contribution in [-0.2, 0) is 6.61 Å². The molecule has 0 fully saturated rings. The van der Waals surface area contributed by atoms with Crippen molar-refractivity contribution in [2.24, 2.45) is 0 Å². The molecule has 32 heavy (non-hydrogen) atoms. The maximum absolute atomic E-state index is 11.3. The molecule has 0 N–H and O–H groups in total. The van der Waals surface area contributed by atoms with Gasteiger partial charge in [-0.1, -0.05) is 42.5 Å². The maximum atomic E-state index is 11.3. The molecule has 0 aliphatic rings. The van der Waals surface area contributed by atoms with Crippen molar-refractivity contribution in [1.82, 2.24) is 0 Å². The van der Waals surface area contributed by atoms with Crippen molar-refractivity contribution < 1.29 is 44.2 Å². The van der Waals surface area contributed by atoms with Gasteiger partial charge < -0.3 is 14.6 Å². The smallest absolute Gasteiger partial charge is 0.545 e. The van der Waals surface area contributed by atoms with E-state index in [4.69, 9.17) is 4.74 Å². The number of thiophene rings is 1. The second kappa shape index (κ2) is 11.2. The van der Waals surface area contributed by atoms with Gasteiger partial charge in [0.2, 0.25) is 0 Å². The molecule has 3 nitrogen and oxygen atoms in total. The third-order valence-electron chi connectivity index (χ3n) is 5.09. The summed E-state index contributed by atoms with van der Waals surface area (Å²) in [4.78, 5) is 13.5. The molecule has 0 saturated heterocycles. The van der Waals surface area contributed by atoms with Crippen molar-refractivity contribution in [3.63, 3.8) is 0 Å². The van der Waals surface area contributed by atoms with Crippen LogP contribution in [0.4, 0.5) is 0 Å². The minimum Gasteiger partial charge on any atom is -0.545 e. The summed E-state index contributed by atoms with van der Waals surface area (Å²) in [5.74, 6) is -0.330. The molecule has 0 spiro atoms. The Morgan fingerprint density at radius 3 is 2.47 bits per heavy atom. The first-order valence-corrected chi connectivity index (χ1v) is 11.9. The monoisotopic (exact) mass is 468 g/mol. The van der Waals surface area contributed by atoms with Gasteiger partial charge in [-0.15, -0.1) is 23.1 Å². The number of carbonyl (C=O) groups is 1. The maximum Gasteiger partial charge on any atom is 1.00 e. The largest absolute Gasteiger partial charge is 1.00 e. The molecule has 6 heteroatoms. The molecule has 0 atom stereocenters. The normalized spacial score (nSPS) is 10.4. The van der Waals surface area contributed by atoms with Crippen LogP contribution in [0.3, 0.4) is 0 Å². The van der Waals surface area contributed by atoms with Crippen LogP contribution in [0.1, 0.15) is 21.5 Å². The molecule has 0 saturated carbocycles. The zero-order valence-electron chi connectivity index (χ0n) is 18.3. The first-order chi connectivity index (χ1) is 15.1. The Labute approximate surface area is 218 Å². The molecular formula is C26H21NaO3S2. The zero-order chi connectivity index (χ0) is 21.8. The Morgan fingerprint density at radius 1 is 1.00 bits per heavy atom. The average Bonchev–Trinajstić information content (AvgIpc) is 3.27. The van der Waals surface area contributed by atoms with Gasteiger partial charge >= 0.3 is 29.6 Å². The topological polar surface area (TPSA) is 49.4 Å². The fourth-order valence-electron chi connectivity index (χ4n) is 3.49. The Hall–Kier alpha value is -2.02. The fourth-order valence-corrected chi connectivity index (χ4v) is 4.83. The van der Waals surface area contributed by atoms with Crippen molar-refractivity contribution >= 4 is 29.1 Å². The van der Waals surface area contributed by atoms with E-state index < -0.39 is 5.97 Å². The summed E-state index contributed by atoms with van der Waals surface area (Å²) in [5.41, 5.74) is 5.11. The predicted octanol–water partition coefficient (Wildman–Crippen LogP) is 3.06. The third kappa shape index (κ3) is 5.48. The summed E-state index contributed by atoms with van der Waals surface area (Å²) >= 11 is 3.32. The van der Waals surface area contributed by atoms with Gasteiger partial charge in [-0.3, -0.25) is 0 Å². The Bertz CT molecular complexity index is 1220. The van der Waals surface area contributed by atoms with Crippen LogP contribution in [0.25, 0.3) is 21.6 Å². The van der Waals surface area contributed by atoms with Crippen LogP contribution in [0, 0.1) is 6.92 Å². The molecule has 4 aromatic rings. The zero-order valence-corrected chi connectivity index (χ0v) is 21.9. The van der Waals surface area contributed by atoms with Gasteiger partial charge in [0.05, 0.1) is 5.97 Å². The van der Waals surface area contributed by atoms with E-state index in [1.807, 2.05) is 48.5 Å². The minimum absolute atomic E-state index is 0. The number of carboxylic acid groups (broad SMARTS) is 1. The Morgan fingerprint density at radius 2 is 1.78 bits per heavy atom. The van der Waals surface area contributed by atoms with Gasteiger partial charge in [-0.2, -0.15) is 0 Å². The van der Waals surface area contributed by atoms with Crippen molar-refractivity contribution in [1.29, 1.82) is 0 Å². The number of thioether (sulfide) groups is 1. The van der Waals surface area contributed by atoms with Crippen molar-refractivity contribution in [3.8, 4) is 27.3 Å². The Kier molecular flexibility index (Phi) is 8.63. The van der Waals surface area contributed by atoms with E-state index in [1.165, 1.54) is 0 Å². The molecule has 0 aliphatic carbocycles. The van der Waals surface area contributed by atoms with Crippen LogP contribution >= 0.6 is 23.1 Å². The van der Waals surface area contributed by atoms with Gasteiger partial charge in [0.25, 0.3) is 0 Å². The summed E-state index contributed by atoms with van der Waals surface area (Å²) in [6.45, 7) is 2.29.